The molecule has 194 valence electrons. The fourth-order valence-electron chi connectivity index (χ4n) is 5.16. The molecule has 0 aromatic heterocycles. The van der Waals surface area contributed by atoms with E-state index in [1.165, 1.54) is 6.92 Å². The van der Waals surface area contributed by atoms with Crippen molar-refractivity contribution in [3.05, 3.63) is 83.6 Å². The minimum Gasteiger partial charge on any atom is -0.548 e. The lowest BCUT2D eigenvalue weighted by molar-refractivity contribution is -0.897. The summed E-state index contributed by atoms with van der Waals surface area (Å²) in [5, 5.41) is 19.4. The molecule has 2 aromatic rings. The van der Waals surface area contributed by atoms with Gasteiger partial charge in [0.1, 0.15) is 36.9 Å². The highest BCUT2D eigenvalue weighted by molar-refractivity contribution is 7.94. The Kier molecular flexibility index (Phi) is 6.03. The van der Waals surface area contributed by atoms with Crippen LogP contribution < -0.4 is 5.11 Å². The van der Waals surface area contributed by atoms with Gasteiger partial charge in [0, 0.05) is 5.22 Å². The van der Waals surface area contributed by atoms with Gasteiger partial charge in [-0.3, -0.25) is 4.79 Å². The molecule has 1 amide bonds. The molecule has 37 heavy (non-hydrogen) atoms. The van der Waals surface area contributed by atoms with Crippen molar-refractivity contribution in [2.45, 2.75) is 42.7 Å². The molecule has 3 aliphatic rings. The lowest BCUT2D eigenvalue weighted by atomic mass is 9.95. The summed E-state index contributed by atoms with van der Waals surface area (Å²) in [5.41, 5.74) is 1.72. The van der Waals surface area contributed by atoms with E-state index in [-0.39, 0.29) is 37.9 Å². The van der Waals surface area contributed by atoms with E-state index in [1.807, 2.05) is 60.7 Å². The number of β-lactam (4-membered cyclic amide) rings is 1. The van der Waals surface area contributed by atoms with Crippen LogP contribution >= 0.6 is 0 Å². The number of rotatable bonds is 9. The van der Waals surface area contributed by atoms with E-state index in [0.29, 0.717) is 0 Å². The lowest BCUT2D eigenvalue weighted by Crippen LogP contribution is -2.63. The zero-order valence-electron chi connectivity index (χ0n) is 20.3. The summed E-state index contributed by atoms with van der Waals surface area (Å²) >= 11 is 0. The minimum atomic E-state index is -4.10. The van der Waals surface area contributed by atoms with Gasteiger partial charge in [0.2, 0.25) is 5.91 Å². The molecule has 1 unspecified atom stereocenters. The van der Waals surface area contributed by atoms with Crippen molar-refractivity contribution in [3.63, 3.8) is 0 Å². The highest BCUT2D eigenvalue weighted by atomic mass is 32.2. The molecule has 3 aliphatic heterocycles. The Labute approximate surface area is 214 Å². The molecule has 0 radical (unpaired) electrons. The normalized spacial score (nSPS) is 29.7. The highest BCUT2D eigenvalue weighted by Crippen LogP contribution is 2.48. The molecule has 0 spiro atoms. The average Bonchev–Trinajstić information content (AvgIpc) is 3.24. The second-order valence-corrected chi connectivity index (χ2v) is 12.3. The predicted octanol–water partition coefficient (Wildman–Crippen LogP) is 1.24. The maximum atomic E-state index is 13.5. The first-order valence-electron chi connectivity index (χ1n) is 11.7. The number of hydrogen-bond donors (Lipinski definition) is 0. The first kappa shape index (κ1) is 24.9. The molecule has 2 saturated heterocycles. The van der Waals surface area contributed by atoms with Crippen LogP contribution in [0.4, 0.5) is 0 Å². The van der Waals surface area contributed by atoms with Gasteiger partial charge < -0.3 is 24.3 Å². The van der Waals surface area contributed by atoms with Gasteiger partial charge in [-0.15, -0.1) is 4.59 Å². The Morgan fingerprint density at radius 3 is 2.19 bits per heavy atom. The van der Waals surface area contributed by atoms with Crippen molar-refractivity contribution in [2.24, 2.45) is 10.3 Å². The Bertz CT molecular complexity index is 1400. The van der Waals surface area contributed by atoms with Crippen LogP contribution in [0.3, 0.4) is 0 Å². The summed E-state index contributed by atoms with van der Waals surface area (Å²) in [6.45, 7) is 1.23. The summed E-state index contributed by atoms with van der Waals surface area (Å²) in [6.07, 6.45) is -0.258. The first-order chi connectivity index (χ1) is 17.6. The Morgan fingerprint density at radius 2 is 1.65 bits per heavy atom. The number of carboxylic acids is 1. The van der Waals surface area contributed by atoms with Crippen LogP contribution in [0.15, 0.2) is 82.8 Å². The number of benzene rings is 2. The molecule has 0 bridgehead atoms. The van der Waals surface area contributed by atoms with Crippen molar-refractivity contribution < 1.29 is 37.2 Å². The van der Waals surface area contributed by atoms with Crippen LogP contribution in [0.5, 0.6) is 0 Å². The Balaban J connectivity index is 1.49. The first-order valence-corrected chi connectivity index (χ1v) is 13.2. The molecule has 2 aromatic carbocycles. The second-order valence-electron chi connectivity index (χ2n) is 9.68. The van der Waals surface area contributed by atoms with E-state index in [1.54, 1.807) is 7.05 Å². The number of quaternary nitrogens is 1. The smallest absolute Gasteiger partial charge is 0.386 e. The van der Waals surface area contributed by atoms with E-state index in [9.17, 15) is 23.1 Å². The van der Waals surface area contributed by atoms with Crippen LogP contribution in [-0.2, 0) is 42.1 Å². The summed E-state index contributed by atoms with van der Waals surface area (Å²) in [4.78, 5) is 25.2. The summed E-state index contributed by atoms with van der Waals surface area (Å²) in [7, 11) is -2.53. The molecule has 11 nitrogen and oxygen atoms in total. The Hall–Kier alpha value is -3.77. The fourth-order valence-corrected chi connectivity index (χ4v) is 7.63. The van der Waals surface area contributed by atoms with Gasteiger partial charge in [-0.2, -0.15) is 0 Å². The molecule has 0 N–H and O–H groups in total. The van der Waals surface area contributed by atoms with E-state index in [0.717, 1.165) is 16.0 Å². The average molecular weight is 527 g/mol. The molecule has 12 heteroatoms. The van der Waals surface area contributed by atoms with Crippen molar-refractivity contribution in [1.82, 2.24) is 4.90 Å². The quantitative estimate of drug-likeness (QED) is 0.354. The zero-order chi connectivity index (χ0) is 26.4. The SMILES string of the molecule is C[C@]1(C[N+]2(C)N=NC(OCc3ccccc3)=C2OCc2ccccc2)[C@H](C(=O)[O-])N2C(=O)C[C@@H]2S1(=O)=O. The molecule has 0 saturated carbocycles. The van der Waals surface area contributed by atoms with Crippen molar-refractivity contribution in [2.75, 3.05) is 13.6 Å². The topological polar surface area (TPSA) is 138 Å². The number of hydrogen-bond acceptors (Lipinski definition) is 9. The molecule has 2 fully saturated rings. The summed E-state index contributed by atoms with van der Waals surface area (Å²) in [5.74, 6) is -1.99. The van der Waals surface area contributed by atoms with Gasteiger partial charge in [-0.25, -0.2) is 8.42 Å². The fraction of sp³-hybridized carbons (Fsp3) is 0.360. The number of fused-ring (bicyclic) bond motifs is 1. The van der Waals surface area contributed by atoms with Gasteiger partial charge in [0.25, 0.3) is 0 Å². The molecular weight excluding hydrogens is 500 g/mol. The van der Waals surface area contributed by atoms with Crippen molar-refractivity contribution in [3.8, 4) is 0 Å². The summed E-state index contributed by atoms with van der Waals surface area (Å²) in [6, 6.07) is 17.0. The number of carbonyl (C=O) groups excluding carboxylic acids is 2. The minimum absolute atomic E-state index is 0.0608. The third-order valence-electron chi connectivity index (χ3n) is 7.05. The van der Waals surface area contributed by atoms with Crippen LogP contribution in [0.1, 0.15) is 24.5 Å². The number of amides is 1. The Morgan fingerprint density at radius 1 is 1.08 bits per heavy atom. The van der Waals surface area contributed by atoms with Gasteiger partial charge in [0.05, 0.1) is 18.4 Å². The van der Waals surface area contributed by atoms with Crippen LogP contribution in [0, 0.1) is 0 Å². The molecular formula is C25H26N4O7S. The standard InChI is InChI=1S/C25H26N4O7S/c1-25(21(24(31)32)28-19(30)13-20(28)37(25,33)34)16-29(2)23(36-15-18-11-7-4-8-12-18)22(26-27-29)35-14-17-9-5-3-6-10-17/h3-12,20-21H,13-16H2,1-2H3/t20-,21-,25-,29?/m0/s1. The maximum Gasteiger partial charge on any atom is 0.386 e. The number of carbonyl (C=O) groups is 2. The van der Waals surface area contributed by atoms with Crippen LogP contribution in [-0.4, -0.2) is 59.5 Å². The third-order valence-corrected chi connectivity index (χ3v) is 9.81. The van der Waals surface area contributed by atoms with E-state index >= 15 is 0 Å². The molecule has 5 rings (SSSR count). The summed E-state index contributed by atoms with van der Waals surface area (Å²) < 4.78 is 36.6. The number of aliphatic carboxylic acids is 1. The zero-order valence-corrected chi connectivity index (χ0v) is 21.1. The lowest BCUT2D eigenvalue weighted by Gasteiger charge is -2.39. The van der Waals surface area contributed by atoms with Gasteiger partial charge in [0.15, 0.2) is 9.84 Å². The number of ether oxygens (including phenoxy) is 2. The van der Waals surface area contributed by atoms with Crippen LogP contribution in [0.2, 0.25) is 0 Å². The second kappa shape index (κ2) is 8.96. The van der Waals surface area contributed by atoms with E-state index in [2.05, 4.69) is 10.3 Å². The van der Waals surface area contributed by atoms with Gasteiger partial charge in [-0.1, -0.05) is 65.8 Å². The molecule has 0 aliphatic carbocycles. The van der Waals surface area contributed by atoms with Crippen molar-refractivity contribution in [1.29, 1.82) is 0 Å². The highest BCUT2D eigenvalue weighted by Gasteiger charge is 2.71. The molecule has 4 atom stereocenters. The predicted molar refractivity (Wildman–Crippen MR) is 127 cm³/mol. The van der Waals surface area contributed by atoms with E-state index in [4.69, 9.17) is 9.47 Å². The number of nitrogens with zero attached hydrogens (tertiary/aromatic N) is 4. The monoisotopic (exact) mass is 526 g/mol. The van der Waals surface area contributed by atoms with E-state index < -0.39 is 42.5 Å². The third kappa shape index (κ3) is 4.05. The van der Waals surface area contributed by atoms with Crippen LogP contribution in [0.25, 0.3) is 0 Å². The van der Waals surface area contributed by atoms with Gasteiger partial charge >= 0.3 is 11.8 Å². The largest absolute Gasteiger partial charge is 0.548 e. The van der Waals surface area contributed by atoms with Crippen molar-refractivity contribution >= 4 is 21.7 Å². The number of carboxylic acid groups (broad SMARTS) is 1. The maximum absolute atomic E-state index is 13.5. The number of sulfone groups is 1. The molecule has 3 heterocycles. The van der Waals surface area contributed by atoms with Gasteiger partial charge in [-0.05, 0) is 18.1 Å².